The van der Waals surface area contributed by atoms with Crippen molar-refractivity contribution >= 4 is 12.2 Å². The van der Waals surface area contributed by atoms with Gasteiger partial charge in [0, 0.05) is 18.8 Å². The predicted molar refractivity (Wildman–Crippen MR) is 50.9 cm³/mol. The van der Waals surface area contributed by atoms with Crippen LogP contribution in [0.3, 0.4) is 0 Å². The number of hydrogen-bond acceptors (Lipinski definition) is 2. The van der Waals surface area contributed by atoms with Crippen molar-refractivity contribution in [2.75, 3.05) is 0 Å². The number of H-pyrrole nitrogens is 1. The summed E-state index contributed by atoms with van der Waals surface area (Å²) in [6.45, 7) is 2.06. The lowest BCUT2D eigenvalue weighted by Gasteiger charge is -2.01. The molecule has 12 heavy (non-hydrogen) atoms. The quantitative estimate of drug-likeness (QED) is 0.705. The van der Waals surface area contributed by atoms with Gasteiger partial charge in [-0.25, -0.2) is 0 Å². The lowest BCUT2D eigenvalue weighted by Crippen LogP contribution is -2.18. The van der Waals surface area contributed by atoms with Crippen molar-refractivity contribution in [1.82, 2.24) is 9.55 Å². The second-order valence-corrected chi connectivity index (χ2v) is 3.13. The van der Waals surface area contributed by atoms with Crippen LogP contribution in [0.1, 0.15) is 19.0 Å². The van der Waals surface area contributed by atoms with Gasteiger partial charge in [-0.15, -0.1) is 0 Å². The van der Waals surface area contributed by atoms with Gasteiger partial charge in [0.05, 0.1) is 0 Å². The van der Waals surface area contributed by atoms with Crippen molar-refractivity contribution in [3.05, 3.63) is 26.9 Å². The Balaban J connectivity index is 3.22. The molecule has 0 atom stereocenters. The van der Waals surface area contributed by atoms with E-state index in [2.05, 4.69) is 11.9 Å². The van der Waals surface area contributed by atoms with Gasteiger partial charge in [-0.2, -0.15) is 0 Å². The molecule has 0 aromatic carbocycles. The highest BCUT2D eigenvalue weighted by Gasteiger charge is 1.96. The molecule has 66 valence electrons. The second-order valence-electron chi connectivity index (χ2n) is 2.75. The third-order valence-corrected chi connectivity index (χ3v) is 2.10. The normalized spacial score (nSPS) is 10.2. The molecule has 0 fully saturated rings. The Morgan fingerprint density at radius 3 is 2.83 bits per heavy atom. The number of aromatic nitrogens is 2. The highest BCUT2D eigenvalue weighted by Crippen LogP contribution is 1.94. The molecule has 0 saturated carbocycles. The molecule has 1 aromatic heterocycles. The van der Waals surface area contributed by atoms with Gasteiger partial charge < -0.3 is 4.98 Å². The number of aromatic amines is 1. The van der Waals surface area contributed by atoms with Crippen LogP contribution in [0.25, 0.3) is 0 Å². The van der Waals surface area contributed by atoms with E-state index in [1.165, 1.54) is 4.57 Å². The molecular formula is C8H12N2OS. The topological polar surface area (TPSA) is 37.8 Å². The zero-order valence-corrected chi connectivity index (χ0v) is 8.07. The first-order valence-corrected chi connectivity index (χ1v) is 4.35. The molecule has 0 amide bonds. The van der Waals surface area contributed by atoms with Crippen LogP contribution in [0.4, 0.5) is 0 Å². The summed E-state index contributed by atoms with van der Waals surface area (Å²) in [5.41, 5.74) is 0.882. The first-order valence-electron chi connectivity index (χ1n) is 3.94. The molecule has 0 saturated heterocycles. The average Bonchev–Trinajstić information content (AvgIpc) is 2.01. The number of hydrogen-bond donors (Lipinski definition) is 1. The van der Waals surface area contributed by atoms with Crippen molar-refractivity contribution in [3.8, 4) is 0 Å². The molecular weight excluding hydrogens is 172 g/mol. The highest BCUT2D eigenvalue weighted by atomic mass is 32.1. The number of nitrogens with one attached hydrogen (secondary N) is 1. The van der Waals surface area contributed by atoms with Crippen molar-refractivity contribution in [2.24, 2.45) is 7.05 Å². The Labute approximate surface area is 76.1 Å². The Morgan fingerprint density at radius 1 is 1.67 bits per heavy atom. The molecule has 0 aliphatic rings. The molecule has 0 radical (unpaired) electrons. The first-order chi connectivity index (χ1) is 5.65. The van der Waals surface area contributed by atoms with Crippen LogP contribution in [0, 0.1) is 4.77 Å². The van der Waals surface area contributed by atoms with E-state index in [0.717, 1.165) is 18.5 Å². The molecule has 0 unspecified atom stereocenters. The molecule has 0 aliphatic carbocycles. The van der Waals surface area contributed by atoms with Gasteiger partial charge in [-0.1, -0.05) is 13.3 Å². The molecule has 1 aromatic rings. The molecule has 1 N–H and O–H groups in total. The van der Waals surface area contributed by atoms with E-state index in [1.54, 1.807) is 13.1 Å². The zero-order chi connectivity index (χ0) is 9.14. The minimum absolute atomic E-state index is 0.0396. The van der Waals surface area contributed by atoms with Crippen LogP contribution in [-0.4, -0.2) is 9.55 Å². The number of aryl methyl sites for hydroxylation is 1. The van der Waals surface area contributed by atoms with Crippen LogP contribution in [0.5, 0.6) is 0 Å². The van der Waals surface area contributed by atoms with Gasteiger partial charge in [0.15, 0.2) is 4.77 Å². The van der Waals surface area contributed by atoms with Crippen LogP contribution >= 0.6 is 12.2 Å². The summed E-state index contributed by atoms with van der Waals surface area (Å²) in [5, 5.41) is 0. The van der Waals surface area contributed by atoms with E-state index >= 15 is 0 Å². The Hall–Kier alpha value is -0.900. The fourth-order valence-electron chi connectivity index (χ4n) is 1.01. The monoisotopic (exact) mass is 184 g/mol. The minimum atomic E-state index is -0.0396. The highest BCUT2D eigenvalue weighted by molar-refractivity contribution is 7.71. The molecule has 1 heterocycles. The lowest BCUT2D eigenvalue weighted by atomic mass is 10.2. The fraction of sp³-hybridized carbons (Fsp3) is 0.500. The van der Waals surface area contributed by atoms with Crippen molar-refractivity contribution in [2.45, 2.75) is 19.8 Å². The molecule has 1 rings (SSSR count). The maximum Gasteiger partial charge on any atom is 0.254 e. The van der Waals surface area contributed by atoms with E-state index in [1.807, 2.05) is 0 Å². The molecule has 0 bridgehead atoms. The Morgan fingerprint density at radius 2 is 2.33 bits per heavy atom. The molecule has 4 heteroatoms. The summed E-state index contributed by atoms with van der Waals surface area (Å²) in [5.74, 6) is 0. The van der Waals surface area contributed by atoms with E-state index in [9.17, 15) is 4.79 Å². The number of rotatable bonds is 2. The predicted octanol–water partition coefficient (Wildman–Crippen LogP) is 1.40. The van der Waals surface area contributed by atoms with Gasteiger partial charge in [0.25, 0.3) is 5.56 Å². The summed E-state index contributed by atoms with van der Waals surface area (Å²) in [6, 6.07) is 1.60. The van der Waals surface area contributed by atoms with Gasteiger partial charge in [0.1, 0.15) is 0 Å². The number of nitrogens with zero attached hydrogens (tertiary/aromatic N) is 1. The largest absolute Gasteiger partial charge is 0.336 e. The first kappa shape index (κ1) is 9.19. The minimum Gasteiger partial charge on any atom is -0.336 e. The van der Waals surface area contributed by atoms with E-state index in [4.69, 9.17) is 12.2 Å². The zero-order valence-electron chi connectivity index (χ0n) is 7.26. The van der Waals surface area contributed by atoms with Crippen LogP contribution in [0.15, 0.2) is 10.9 Å². The molecule has 0 aliphatic heterocycles. The van der Waals surface area contributed by atoms with E-state index in [-0.39, 0.29) is 5.56 Å². The standard InChI is InChI=1S/C8H12N2OS/c1-3-4-6-5-7(11)10(2)8(12)9-6/h5H,3-4H2,1-2H3,(H,9,12). The average molecular weight is 184 g/mol. The summed E-state index contributed by atoms with van der Waals surface area (Å²) in [6.07, 6.45) is 1.89. The summed E-state index contributed by atoms with van der Waals surface area (Å²) < 4.78 is 1.92. The van der Waals surface area contributed by atoms with Gasteiger partial charge in [-0.3, -0.25) is 9.36 Å². The molecule has 0 spiro atoms. The van der Waals surface area contributed by atoms with Crippen molar-refractivity contribution in [1.29, 1.82) is 0 Å². The summed E-state index contributed by atoms with van der Waals surface area (Å²) in [4.78, 5) is 14.2. The Kier molecular flexibility index (Phi) is 2.81. The van der Waals surface area contributed by atoms with E-state index < -0.39 is 0 Å². The summed E-state index contributed by atoms with van der Waals surface area (Å²) in [7, 11) is 1.66. The van der Waals surface area contributed by atoms with Crippen molar-refractivity contribution < 1.29 is 0 Å². The van der Waals surface area contributed by atoms with Crippen LogP contribution < -0.4 is 5.56 Å². The van der Waals surface area contributed by atoms with Crippen molar-refractivity contribution in [3.63, 3.8) is 0 Å². The van der Waals surface area contributed by atoms with Crippen LogP contribution in [-0.2, 0) is 13.5 Å². The summed E-state index contributed by atoms with van der Waals surface area (Å²) >= 11 is 4.95. The van der Waals surface area contributed by atoms with Gasteiger partial charge in [-0.05, 0) is 18.6 Å². The maximum absolute atomic E-state index is 11.2. The third kappa shape index (κ3) is 1.82. The third-order valence-electron chi connectivity index (χ3n) is 1.72. The van der Waals surface area contributed by atoms with Gasteiger partial charge in [0.2, 0.25) is 0 Å². The lowest BCUT2D eigenvalue weighted by molar-refractivity contribution is 0.768. The smallest absolute Gasteiger partial charge is 0.254 e. The van der Waals surface area contributed by atoms with Gasteiger partial charge >= 0.3 is 0 Å². The second kappa shape index (κ2) is 3.67. The molecule has 3 nitrogen and oxygen atoms in total. The van der Waals surface area contributed by atoms with E-state index in [0.29, 0.717) is 4.77 Å². The maximum atomic E-state index is 11.2. The Bertz CT molecular complexity index is 346. The fourth-order valence-corrected chi connectivity index (χ4v) is 1.23. The SMILES string of the molecule is CCCc1cc(=O)n(C)c(=S)[nH]1. The van der Waals surface area contributed by atoms with Crippen LogP contribution in [0.2, 0.25) is 0 Å².